The second kappa shape index (κ2) is 9.17. The minimum atomic E-state index is -0.872. The van der Waals surface area contributed by atoms with Gasteiger partial charge >= 0.3 is 11.7 Å². The molecule has 0 aromatic heterocycles. The summed E-state index contributed by atoms with van der Waals surface area (Å²) in [4.78, 5) is 46.7. The molecule has 1 amide bonds. The topological polar surface area (TPSA) is 125 Å². The van der Waals surface area contributed by atoms with Crippen LogP contribution in [0.25, 0.3) is 0 Å². The fourth-order valence-corrected chi connectivity index (χ4v) is 2.32. The number of ether oxygens (including phenoxy) is 2. The minimum Gasteiger partial charge on any atom is -0.490 e. The average Bonchev–Trinajstić information content (AvgIpc) is 2.70. The standard InChI is InChI=1S/C21H22N2O7/c1-21(2,3)20(26)22-15-8-5-13(6-9-15)17(24)12-30-19(25)14-7-10-18(29-4)16(11-14)23(27)28/h5-11H,12H2,1-4H3,(H,22,26). The fraction of sp³-hybridized carbons (Fsp3) is 0.286. The van der Waals surface area contributed by atoms with Crippen molar-refractivity contribution in [2.24, 2.45) is 5.41 Å². The number of carbonyl (C=O) groups is 3. The molecule has 0 saturated carbocycles. The molecule has 2 aromatic rings. The first kappa shape index (κ1) is 22.5. The van der Waals surface area contributed by atoms with E-state index in [0.717, 1.165) is 6.07 Å². The molecule has 30 heavy (non-hydrogen) atoms. The molecule has 2 rings (SSSR count). The number of Topliss-reactive ketones (excluding diaryl/α,β-unsaturated/α-hetero) is 1. The van der Waals surface area contributed by atoms with Gasteiger partial charge in [0.05, 0.1) is 17.6 Å². The molecule has 9 heteroatoms. The van der Waals surface area contributed by atoms with Gasteiger partial charge in [0.2, 0.25) is 5.91 Å². The monoisotopic (exact) mass is 414 g/mol. The van der Waals surface area contributed by atoms with Crippen LogP contribution < -0.4 is 10.1 Å². The largest absolute Gasteiger partial charge is 0.490 e. The average molecular weight is 414 g/mol. The van der Waals surface area contributed by atoms with E-state index in [2.05, 4.69) is 5.32 Å². The first-order valence-electron chi connectivity index (χ1n) is 8.97. The molecule has 0 aliphatic heterocycles. The Balaban J connectivity index is 2.00. The number of carbonyl (C=O) groups excluding carboxylic acids is 3. The van der Waals surface area contributed by atoms with Crippen molar-refractivity contribution in [3.8, 4) is 5.75 Å². The van der Waals surface area contributed by atoms with Gasteiger partial charge < -0.3 is 14.8 Å². The SMILES string of the molecule is COc1ccc(C(=O)OCC(=O)c2ccc(NC(=O)C(C)(C)C)cc2)cc1[N+](=O)[O-]. The van der Waals surface area contributed by atoms with E-state index < -0.39 is 28.7 Å². The van der Waals surface area contributed by atoms with Crippen molar-refractivity contribution in [1.82, 2.24) is 0 Å². The second-order valence-electron chi connectivity index (χ2n) is 7.42. The number of nitro groups is 1. The molecule has 0 aliphatic rings. The summed E-state index contributed by atoms with van der Waals surface area (Å²) >= 11 is 0. The van der Waals surface area contributed by atoms with Gasteiger partial charge in [-0.1, -0.05) is 20.8 Å². The summed E-state index contributed by atoms with van der Waals surface area (Å²) in [6.07, 6.45) is 0. The van der Waals surface area contributed by atoms with E-state index in [4.69, 9.17) is 9.47 Å². The Labute approximate surface area is 173 Å². The molecule has 0 atom stereocenters. The van der Waals surface area contributed by atoms with Crippen molar-refractivity contribution in [3.05, 3.63) is 63.7 Å². The predicted octanol–water partition coefficient (Wildman–Crippen LogP) is 3.63. The molecule has 2 aromatic carbocycles. The molecule has 9 nitrogen and oxygen atoms in total. The van der Waals surface area contributed by atoms with Crippen LogP contribution in [0.4, 0.5) is 11.4 Å². The van der Waals surface area contributed by atoms with Gasteiger partial charge in [0.15, 0.2) is 18.1 Å². The summed E-state index contributed by atoms with van der Waals surface area (Å²) in [6, 6.07) is 9.78. The number of methoxy groups -OCH3 is 1. The Morgan fingerprint density at radius 2 is 1.63 bits per heavy atom. The zero-order valence-corrected chi connectivity index (χ0v) is 17.1. The first-order chi connectivity index (χ1) is 14.0. The van der Waals surface area contributed by atoms with E-state index in [0.29, 0.717) is 5.69 Å². The minimum absolute atomic E-state index is 0.00580. The van der Waals surface area contributed by atoms with Crippen LogP contribution in [0.15, 0.2) is 42.5 Å². The lowest BCUT2D eigenvalue weighted by molar-refractivity contribution is -0.385. The highest BCUT2D eigenvalue weighted by molar-refractivity contribution is 6.00. The van der Waals surface area contributed by atoms with E-state index >= 15 is 0 Å². The summed E-state index contributed by atoms with van der Waals surface area (Å²) < 4.78 is 9.85. The summed E-state index contributed by atoms with van der Waals surface area (Å²) in [7, 11) is 1.28. The number of amides is 1. The van der Waals surface area contributed by atoms with Crippen LogP contribution in [0.5, 0.6) is 5.75 Å². The van der Waals surface area contributed by atoms with E-state index in [1.165, 1.54) is 31.4 Å². The highest BCUT2D eigenvalue weighted by Crippen LogP contribution is 2.27. The van der Waals surface area contributed by atoms with Crippen LogP contribution in [0.3, 0.4) is 0 Å². The van der Waals surface area contributed by atoms with Gasteiger partial charge in [-0.25, -0.2) is 4.79 Å². The normalized spacial score (nSPS) is 10.8. The fourth-order valence-electron chi connectivity index (χ4n) is 2.32. The molecule has 0 radical (unpaired) electrons. The third kappa shape index (κ3) is 5.63. The molecule has 158 valence electrons. The van der Waals surface area contributed by atoms with Gasteiger partial charge in [-0.3, -0.25) is 19.7 Å². The number of esters is 1. The van der Waals surface area contributed by atoms with E-state index in [9.17, 15) is 24.5 Å². The molecule has 0 bridgehead atoms. The van der Waals surface area contributed by atoms with Gasteiger partial charge in [-0.05, 0) is 36.4 Å². The van der Waals surface area contributed by atoms with Crippen LogP contribution in [0, 0.1) is 15.5 Å². The summed E-state index contributed by atoms with van der Waals surface area (Å²) in [5.41, 5.74) is -0.188. The number of nitro benzene ring substituents is 1. The van der Waals surface area contributed by atoms with E-state index in [-0.39, 0.29) is 28.5 Å². The summed E-state index contributed by atoms with van der Waals surface area (Å²) in [5, 5.41) is 13.8. The van der Waals surface area contributed by atoms with Crippen molar-refractivity contribution in [1.29, 1.82) is 0 Å². The third-order valence-corrected chi connectivity index (χ3v) is 4.09. The van der Waals surface area contributed by atoms with Gasteiger partial charge in [0, 0.05) is 22.7 Å². The quantitative estimate of drug-likeness (QED) is 0.317. The third-order valence-electron chi connectivity index (χ3n) is 4.09. The van der Waals surface area contributed by atoms with Crippen LogP contribution in [-0.4, -0.2) is 36.3 Å². The second-order valence-corrected chi connectivity index (χ2v) is 7.42. The Bertz CT molecular complexity index is 976. The van der Waals surface area contributed by atoms with Gasteiger partial charge in [-0.2, -0.15) is 0 Å². The molecular formula is C21H22N2O7. The molecule has 0 unspecified atom stereocenters. The maximum absolute atomic E-state index is 12.3. The lowest BCUT2D eigenvalue weighted by atomic mass is 9.95. The number of ketones is 1. The number of nitrogens with zero attached hydrogens (tertiary/aromatic N) is 1. The van der Waals surface area contributed by atoms with E-state index in [1.807, 2.05) is 0 Å². The number of hydrogen-bond donors (Lipinski definition) is 1. The van der Waals surface area contributed by atoms with Crippen molar-refractivity contribution in [3.63, 3.8) is 0 Å². The van der Waals surface area contributed by atoms with Crippen molar-refractivity contribution in [2.45, 2.75) is 20.8 Å². The molecule has 0 aliphatic carbocycles. The van der Waals surface area contributed by atoms with Gasteiger partial charge in [0.25, 0.3) is 0 Å². The summed E-state index contributed by atoms with van der Waals surface area (Å²) in [6.45, 7) is 4.82. The van der Waals surface area contributed by atoms with E-state index in [1.54, 1.807) is 32.9 Å². The Morgan fingerprint density at radius 3 is 2.17 bits per heavy atom. The van der Waals surface area contributed by atoms with Gasteiger partial charge in [0.1, 0.15) is 0 Å². The smallest absolute Gasteiger partial charge is 0.338 e. The number of anilines is 1. The summed E-state index contributed by atoms with van der Waals surface area (Å²) in [5.74, 6) is -1.49. The Hall–Kier alpha value is -3.75. The van der Waals surface area contributed by atoms with Crippen molar-refractivity contribution >= 4 is 29.0 Å². The van der Waals surface area contributed by atoms with Crippen molar-refractivity contribution in [2.75, 3.05) is 19.0 Å². The number of nitrogens with one attached hydrogen (secondary N) is 1. The highest BCUT2D eigenvalue weighted by atomic mass is 16.6. The van der Waals surface area contributed by atoms with Crippen LogP contribution in [-0.2, 0) is 9.53 Å². The Kier molecular flexibility index (Phi) is 6.89. The lowest BCUT2D eigenvalue weighted by Crippen LogP contribution is -2.27. The zero-order chi connectivity index (χ0) is 22.5. The van der Waals surface area contributed by atoms with Crippen LogP contribution >= 0.6 is 0 Å². The predicted molar refractivity (Wildman–Crippen MR) is 109 cm³/mol. The molecule has 0 heterocycles. The molecule has 0 saturated heterocycles. The maximum atomic E-state index is 12.3. The van der Waals surface area contributed by atoms with Crippen LogP contribution in [0.2, 0.25) is 0 Å². The zero-order valence-electron chi connectivity index (χ0n) is 17.1. The number of rotatable bonds is 7. The molecular weight excluding hydrogens is 392 g/mol. The van der Waals surface area contributed by atoms with Crippen molar-refractivity contribution < 1.29 is 28.8 Å². The van der Waals surface area contributed by atoms with Crippen LogP contribution in [0.1, 0.15) is 41.5 Å². The maximum Gasteiger partial charge on any atom is 0.338 e. The number of benzene rings is 2. The highest BCUT2D eigenvalue weighted by Gasteiger charge is 2.22. The Morgan fingerprint density at radius 1 is 1.03 bits per heavy atom. The number of hydrogen-bond acceptors (Lipinski definition) is 7. The molecule has 0 fully saturated rings. The molecule has 1 N–H and O–H groups in total. The molecule has 0 spiro atoms. The van der Waals surface area contributed by atoms with Gasteiger partial charge in [-0.15, -0.1) is 0 Å². The first-order valence-corrected chi connectivity index (χ1v) is 8.97. The lowest BCUT2D eigenvalue weighted by Gasteiger charge is -2.17.